The molecule has 3 aromatic heterocycles. The normalized spacial score (nSPS) is 21.9. The van der Waals surface area contributed by atoms with Crippen LogP contribution in [0.25, 0.3) is 16.6 Å². The van der Waals surface area contributed by atoms with Crippen molar-refractivity contribution in [3.05, 3.63) is 30.4 Å². The van der Waals surface area contributed by atoms with Crippen LogP contribution in [0.2, 0.25) is 0 Å². The van der Waals surface area contributed by atoms with Crippen LogP contribution < -0.4 is 5.32 Å². The molecule has 0 radical (unpaired) electrons. The van der Waals surface area contributed by atoms with E-state index in [1.807, 2.05) is 48.8 Å². The van der Waals surface area contributed by atoms with Crippen LogP contribution in [0.5, 0.6) is 0 Å². The number of anilines is 1. The van der Waals surface area contributed by atoms with Crippen LogP contribution in [0.3, 0.4) is 0 Å². The van der Waals surface area contributed by atoms with Crippen molar-refractivity contribution in [3.8, 4) is 23.5 Å². The monoisotopic (exact) mass is 561 g/mol. The SMILES string of the molecule is C#CC1(C)CCN(C(=O)C(C)(C)n2cc(-c3cc(C4CCC(O)CC4)n4nc(N[C@@H](C)COC)ncc34)cn2)CC1. The number of carbonyl (C=O) groups is 1. The first-order valence-electron chi connectivity index (χ1n) is 14.7. The van der Waals surface area contributed by atoms with Gasteiger partial charge in [0.1, 0.15) is 5.54 Å². The molecule has 220 valence electrons. The van der Waals surface area contributed by atoms with Crippen molar-refractivity contribution in [1.29, 1.82) is 0 Å². The van der Waals surface area contributed by atoms with Gasteiger partial charge >= 0.3 is 0 Å². The van der Waals surface area contributed by atoms with Crippen molar-refractivity contribution < 1.29 is 14.6 Å². The van der Waals surface area contributed by atoms with Gasteiger partial charge in [-0.15, -0.1) is 17.4 Å². The Kier molecular flexibility index (Phi) is 8.13. The molecular weight excluding hydrogens is 518 g/mol. The van der Waals surface area contributed by atoms with E-state index in [-0.39, 0.29) is 29.4 Å². The zero-order valence-electron chi connectivity index (χ0n) is 24.9. The first kappa shape index (κ1) is 29.1. The number of nitrogens with zero attached hydrogens (tertiary/aromatic N) is 6. The van der Waals surface area contributed by atoms with Gasteiger partial charge in [0.05, 0.1) is 30.6 Å². The van der Waals surface area contributed by atoms with E-state index in [2.05, 4.69) is 34.3 Å². The summed E-state index contributed by atoms with van der Waals surface area (Å²) in [7, 11) is 1.67. The van der Waals surface area contributed by atoms with E-state index in [1.165, 1.54) is 0 Å². The standard InChI is InChI=1S/C31H43N7O3/c1-7-31(5)12-14-36(15-13-31)28(40)30(3,4)37-19-23(17-33-37)25-16-26(22-8-10-24(39)11-9-22)38-27(25)18-32-29(35-38)34-21(2)20-41-6/h1,16-19,21-22,24,39H,8-15,20H2,2-6H3,(H,34,35)/t21-,22?,24?/m0/s1. The molecule has 1 saturated heterocycles. The Hall–Kier alpha value is -3.42. The fraction of sp³-hybridized carbons (Fsp3) is 0.613. The largest absolute Gasteiger partial charge is 0.393 e. The molecule has 2 aliphatic rings. The third-order valence-corrected chi connectivity index (χ3v) is 8.94. The molecule has 1 saturated carbocycles. The molecule has 0 bridgehead atoms. The van der Waals surface area contributed by atoms with Gasteiger partial charge in [0.25, 0.3) is 0 Å². The van der Waals surface area contributed by atoms with Crippen molar-refractivity contribution in [3.63, 3.8) is 0 Å². The summed E-state index contributed by atoms with van der Waals surface area (Å²) in [5, 5.41) is 23.0. The van der Waals surface area contributed by atoms with E-state index < -0.39 is 5.54 Å². The molecule has 10 nitrogen and oxygen atoms in total. The second-order valence-corrected chi connectivity index (χ2v) is 12.6. The molecule has 5 rings (SSSR count). The molecule has 2 fully saturated rings. The summed E-state index contributed by atoms with van der Waals surface area (Å²) in [5.41, 5.74) is 2.85. The molecule has 0 spiro atoms. The smallest absolute Gasteiger partial charge is 0.249 e. The molecule has 1 atom stereocenters. The number of aliphatic hydroxyl groups excluding tert-OH is 1. The Morgan fingerprint density at radius 2 is 1.98 bits per heavy atom. The molecule has 1 amide bonds. The number of aromatic nitrogens is 5. The summed E-state index contributed by atoms with van der Waals surface area (Å²) in [6.07, 6.45) is 16.1. The molecule has 0 aromatic carbocycles. The van der Waals surface area contributed by atoms with Crippen LogP contribution >= 0.6 is 0 Å². The average molecular weight is 562 g/mol. The van der Waals surface area contributed by atoms with E-state index in [9.17, 15) is 9.90 Å². The maximum Gasteiger partial charge on any atom is 0.249 e. The number of piperidine rings is 1. The first-order valence-corrected chi connectivity index (χ1v) is 14.7. The van der Waals surface area contributed by atoms with Crippen LogP contribution in [0.15, 0.2) is 24.7 Å². The number of hydrogen-bond acceptors (Lipinski definition) is 7. The van der Waals surface area contributed by atoms with Crippen LogP contribution in [-0.2, 0) is 15.1 Å². The zero-order chi connectivity index (χ0) is 29.4. The topological polar surface area (TPSA) is 110 Å². The summed E-state index contributed by atoms with van der Waals surface area (Å²) < 4.78 is 9.01. The number of hydrogen-bond donors (Lipinski definition) is 2. The molecule has 3 aromatic rings. The lowest BCUT2D eigenvalue weighted by atomic mass is 9.81. The number of fused-ring (bicyclic) bond motifs is 1. The fourth-order valence-corrected chi connectivity index (χ4v) is 6.09. The molecule has 41 heavy (non-hydrogen) atoms. The molecule has 2 N–H and O–H groups in total. The lowest BCUT2D eigenvalue weighted by molar-refractivity contribution is -0.141. The average Bonchev–Trinajstić information content (AvgIpc) is 3.59. The number of carbonyl (C=O) groups excluding carboxylic acids is 1. The van der Waals surface area contributed by atoms with E-state index in [0.717, 1.165) is 60.9 Å². The highest BCUT2D eigenvalue weighted by atomic mass is 16.5. The third kappa shape index (κ3) is 5.84. The van der Waals surface area contributed by atoms with Gasteiger partial charge in [-0.3, -0.25) is 9.48 Å². The fourth-order valence-electron chi connectivity index (χ4n) is 6.09. The van der Waals surface area contributed by atoms with E-state index in [0.29, 0.717) is 25.6 Å². The van der Waals surface area contributed by atoms with Gasteiger partial charge in [0.2, 0.25) is 11.9 Å². The van der Waals surface area contributed by atoms with Gasteiger partial charge in [-0.05, 0) is 72.3 Å². The highest BCUT2D eigenvalue weighted by molar-refractivity contribution is 5.85. The van der Waals surface area contributed by atoms with Crippen molar-refractivity contribution in [2.75, 3.05) is 32.1 Å². The number of methoxy groups -OCH3 is 1. The van der Waals surface area contributed by atoms with Crippen molar-refractivity contribution in [1.82, 2.24) is 29.3 Å². The number of rotatable bonds is 8. The van der Waals surface area contributed by atoms with Crippen molar-refractivity contribution in [2.45, 2.75) is 89.8 Å². The zero-order valence-corrected chi connectivity index (χ0v) is 24.9. The number of likely N-dealkylation sites (tertiary alicyclic amines) is 1. The van der Waals surface area contributed by atoms with Gasteiger partial charge in [-0.25, -0.2) is 9.50 Å². The number of amides is 1. The van der Waals surface area contributed by atoms with E-state index in [1.54, 1.807) is 11.8 Å². The van der Waals surface area contributed by atoms with Crippen LogP contribution in [0.1, 0.15) is 77.8 Å². The van der Waals surface area contributed by atoms with Gasteiger partial charge < -0.3 is 20.1 Å². The first-order chi connectivity index (χ1) is 19.5. The Morgan fingerprint density at radius 1 is 1.27 bits per heavy atom. The predicted octanol–water partition coefficient (Wildman–Crippen LogP) is 4.06. The lowest BCUT2D eigenvalue weighted by Crippen LogP contribution is -2.51. The van der Waals surface area contributed by atoms with Crippen molar-refractivity contribution >= 4 is 17.4 Å². The number of ether oxygens (including phenoxy) is 1. The molecule has 4 heterocycles. The summed E-state index contributed by atoms with van der Waals surface area (Å²) >= 11 is 0. The minimum absolute atomic E-state index is 0.0404. The third-order valence-electron chi connectivity index (χ3n) is 8.94. The number of terminal acetylenes is 1. The Balaban J connectivity index is 1.45. The summed E-state index contributed by atoms with van der Waals surface area (Å²) in [4.78, 5) is 20.2. The summed E-state index contributed by atoms with van der Waals surface area (Å²) in [6.45, 7) is 9.79. The van der Waals surface area contributed by atoms with E-state index >= 15 is 0 Å². The predicted molar refractivity (Wildman–Crippen MR) is 158 cm³/mol. The highest BCUT2D eigenvalue weighted by Gasteiger charge is 2.38. The molecular formula is C31H43N7O3. The van der Waals surface area contributed by atoms with E-state index in [4.69, 9.17) is 16.3 Å². The maximum atomic E-state index is 13.6. The molecule has 10 heteroatoms. The molecule has 1 aliphatic carbocycles. The van der Waals surface area contributed by atoms with Crippen LogP contribution in [0, 0.1) is 17.8 Å². The van der Waals surface area contributed by atoms with Crippen LogP contribution in [0.4, 0.5) is 5.95 Å². The van der Waals surface area contributed by atoms with Gasteiger partial charge in [-0.1, -0.05) is 0 Å². The highest BCUT2D eigenvalue weighted by Crippen LogP contribution is 2.38. The summed E-state index contributed by atoms with van der Waals surface area (Å²) in [6, 6.07) is 2.23. The number of nitrogens with one attached hydrogen (secondary N) is 1. The minimum atomic E-state index is -0.856. The Morgan fingerprint density at radius 3 is 2.63 bits per heavy atom. The maximum absolute atomic E-state index is 13.6. The Labute approximate surface area is 242 Å². The summed E-state index contributed by atoms with van der Waals surface area (Å²) in [5.74, 6) is 3.75. The van der Waals surface area contributed by atoms with Gasteiger partial charge in [0.15, 0.2) is 0 Å². The lowest BCUT2D eigenvalue weighted by Gasteiger charge is -2.39. The number of aliphatic hydroxyl groups is 1. The second-order valence-electron chi connectivity index (χ2n) is 12.6. The van der Waals surface area contributed by atoms with Gasteiger partial charge in [0, 0.05) is 60.6 Å². The minimum Gasteiger partial charge on any atom is -0.393 e. The van der Waals surface area contributed by atoms with Crippen molar-refractivity contribution in [2.24, 2.45) is 5.41 Å². The molecule has 0 unspecified atom stereocenters. The Bertz CT molecular complexity index is 1420. The van der Waals surface area contributed by atoms with Crippen LogP contribution in [-0.4, -0.2) is 79.2 Å². The van der Waals surface area contributed by atoms with Gasteiger partial charge in [-0.2, -0.15) is 5.10 Å². The second kappa shape index (κ2) is 11.5. The molecule has 1 aliphatic heterocycles. The quantitative estimate of drug-likeness (QED) is 0.399.